The van der Waals surface area contributed by atoms with Crippen molar-refractivity contribution in [2.24, 2.45) is 0 Å². The molecule has 0 saturated heterocycles. The van der Waals surface area contributed by atoms with Gasteiger partial charge in [-0.1, -0.05) is 29.8 Å². The minimum atomic E-state index is -0.401. The minimum Gasteiger partial charge on any atom is -0.465 e. The molecule has 1 atom stereocenters. The number of carbonyl (C=O) groups excluding carboxylic acids is 2. The number of ether oxygens (including phenoxy) is 1. The predicted octanol–water partition coefficient (Wildman–Crippen LogP) is 5.07. The first-order chi connectivity index (χ1) is 15.4. The number of halogens is 1. The first kappa shape index (κ1) is 21.6. The molecule has 1 aliphatic carbocycles. The monoisotopic (exact) mass is 451 g/mol. The van der Waals surface area contributed by atoms with Crippen LogP contribution in [-0.4, -0.2) is 24.0 Å². The zero-order chi connectivity index (χ0) is 22.7. The summed E-state index contributed by atoms with van der Waals surface area (Å²) in [4.78, 5) is 29.1. The molecule has 1 aromatic heterocycles. The van der Waals surface area contributed by atoms with E-state index in [1.54, 1.807) is 36.4 Å². The molecule has 1 aliphatic rings. The molecule has 0 spiro atoms. The lowest BCUT2D eigenvalue weighted by Gasteiger charge is -2.17. The van der Waals surface area contributed by atoms with E-state index in [-0.39, 0.29) is 11.9 Å². The van der Waals surface area contributed by atoms with E-state index < -0.39 is 5.97 Å². The Bertz CT molecular complexity index is 1170. The maximum atomic E-state index is 13.0. The van der Waals surface area contributed by atoms with E-state index in [0.717, 1.165) is 16.9 Å². The zero-order valence-electron chi connectivity index (χ0n) is 17.6. The molecule has 0 saturated carbocycles. The summed E-state index contributed by atoms with van der Waals surface area (Å²) in [6.07, 6.45) is 3.26. The normalized spacial score (nSPS) is 13.5. The third-order valence-electron chi connectivity index (χ3n) is 5.19. The zero-order valence-corrected chi connectivity index (χ0v) is 18.4. The Morgan fingerprint density at radius 2 is 1.84 bits per heavy atom. The Kier molecular flexibility index (Phi) is 6.28. The third-order valence-corrected chi connectivity index (χ3v) is 5.44. The number of hydrogen-bond donors (Lipinski definition) is 2. The van der Waals surface area contributed by atoms with Crippen LogP contribution in [0.5, 0.6) is 0 Å². The van der Waals surface area contributed by atoms with Gasteiger partial charge in [0.2, 0.25) is 0 Å². The van der Waals surface area contributed by atoms with Gasteiger partial charge in [0.1, 0.15) is 0 Å². The predicted molar refractivity (Wildman–Crippen MR) is 122 cm³/mol. The number of anilines is 2. The van der Waals surface area contributed by atoms with Crippen LogP contribution < -0.4 is 10.6 Å². The van der Waals surface area contributed by atoms with E-state index in [9.17, 15) is 9.59 Å². The number of aryl methyl sites for hydroxylation is 1. The second-order valence-corrected chi connectivity index (χ2v) is 7.83. The van der Waals surface area contributed by atoms with Crippen molar-refractivity contribution in [3.05, 3.63) is 82.2 Å². The van der Waals surface area contributed by atoms with Crippen molar-refractivity contribution in [3.8, 4) is 0 Å². The number of rotatable bonds is 6. The fourth-order valence-corrected chi connectivity index (χ4v) is 3.59. The number of benzene rings is 2. The van der Waals surface area contributed by atoms with Gasteiger partial charge in [-0.3, -0.25) is 4.79 Å². The molecule has 0 bridgehead atoms. The van der Waals surface area contributed by atoms with Crippen LogP contribution in [0.15, 0.2) is 59.0 Å². The third kappa shape index (κ3) is 4.68. The summed E-state index contributed by atoms with van der Waals surface area (Å²) < 4.78 is 10.6. The Morgan fingerprint density at radius 3 is 2.53 bits per heavy atom. The molecule has 3 aromatic rings. The highest BCUT2D eigenvalue weighted by molar-refractivity contribution is 6.30. The number of allylic oxidation sites excluding steroid dienone is 1. The van der Waals surface area contributed by atoms with Crippen molar-refractivity contribution in [3.63, 3.8) is 0 Å². The molecule has 2 N–H and O–H groups in total. The number of fused-ring (bicyclic) bond motifs is 1. The van der Waals surface area contributed by atoms with E-state index in [2.05, 4.69) is 15.6 Å². The number of amides is 1. The van der Waals surface area contributed by atoms with Gasteiger partial charge in [-0.2, -0.15) is 4.98 Å². The molecule has 0 fully saturated rings. The highest BCUT2D eigenvalue weighted by Crippen LogP contribution is 2.31. The molecule has 164 valence electrons. The number of aromatic nitrogens is 1. The molecular formula is C24H22ClN3O4. The molecule has 8 heteroatoms. The van der Waals surface area contributed by atoms with Crippen molar-refractivity contribution in [2.75, 3.05) is 12.4 Å². The van der Waals surface area contributed by atoms with Gasteiger partial charge in [0.05, 0.1) is 30.0 Å². The summed E-state index contributed by atoms with van der Waals surface area (Å²) >= 11 is 5.93. The molecule has 32 heavy (non-hydrogen) atoms. The number of methoxy groups -OCH3 is 1. The average molecular weight is 452 g/mol. The number of esters is 1. The van der Waals surface area contributed by atoms with Gasteiger partial charge in [-0.05, 0) is 61.7 Å². The van der Waals surface area contributed by atoms with Gasteiger partial charge in [0.25, 0.3) is 11.9 Å². The summed E-state index contributed by atoms with van der Waals surface area (Å²) in [7, 11) is 1.34. The number of nitrogens with zero attached hydrogens (tertiary/aromatic N) is 1. The summed E-state index contributed by atoms with van der Waals surface area (Å²) in [5.74, 6) is -0.176. The average Bonchev–Trinajstić information content (AvgIpc) is 3.22. The van der Waals surface area contributed by atoms with Crippen LogP contribution in [0.4, 0.5) is 11.7 Å². The van der Waals surface area contributed by atoms with Crippen LogP contribution in [0, 0.1) is 0 Å². The second-order valence-electron chi connectivity index (χ2n) is 7.39. The van der Waals surface area contributed by atoms with Gasteiger partial charge in [-0.25, -0.2) is 4.79 Å². The number of nitrogens with one attached hydrogen (secondary N) is 2. The lowest BCUT2D eigenvalue weighted by atomic mass is 9.99. The van der Waals surface area contributed by atoms with E-state index in [1.165, 1.54) is 7.11 Å². The fourth-order valence-electron chi connectivity index (χ4n) is 3.47. The lowest BCUT2D eigenvalue weighted by molar-refractivity contribution is -0.116. The molecule has 1 amide bonds. The quantitative estimate of drug-likeness (QED) is 0.508. The first-order valence-electron chi connectivity index (χ1n) is 10.2. The Labute approximate surface area is 190 Å². The second kappa shape index (κ2) is 9.28. The summed E-state index contributed by atoms with van der Waals surface area (Å²) in [5.41, 5.74) is 3.30. The van der Waals surface area contributed by atoms with Crippen molar-refractivity contribution in [2.45, 2.75) is 25.8 Å². The molecule has 0 radical (unpaired) electrons. The highest BCUT2D eigenvalue weighted by Gasteiger charge is 2.26. The summed E-state index contributed by atoms with van der Waals surface area (Å²) in [6, 6.07) is 14.2. The van der Waals surface area contributed by atoms with Crippen molar-refractivity contribution >= 4 is 40.8 Å². The van der Waals surface area contributed by atoms with Gasteiger partial charge >= 0.3 is 5.97 Å². The molecular weight excluding hydrogens is 430 g/mol. The lowest BCUT2D eigenvalue weighted by Crippen LogP contribution is -2.28. The fraction of sp³-hybridized carbons (Fsp3) is 0.208. The van der Waals surface area contributed by atoms with Gasteiger partial charge in [0, 0.05) is 10.7 Å². The van der Waals surface area contributed by atoms with Gasteiger partial charge in [-0.15, -0.1) is 0 Å². The molecule has 0 unspecified atom stereocenters. The topological polar surface area (TPSA) is 93.5 Å². The summed E-state index contributed by atoms with van der Waals surface area (Å²) in [5, 5.41) is 6.73. The van der Waals surface area contributed by atoms with Gasteiger partial charge < -0.3 is 19.8 Å². The van der Waals surface area contributed by atoms with E-state index in [0.29, 0.717) is 40.8 Å². The number of hydrogen-bond acceptors (Lipinski definition) is 6. The SMILES string of the molecule is COC(=O)c1ccc([C@H](C)NC(=O)C2=CCCc3nc(Nc4ccc(Cl)cc4)oc32)cc1. The molecule has 0 aliphatic heterocycles. The van der Waals surface area contributed by atoms with Gasteiger partial charge in [0.15, 0.2) is 5.76 Å². The molecule has 2 aromatic carbocycles. The Hall–Kier alpha value is -3.58. The maximum absolute atomic E-state index is 13.0. The van der Waals surface area contributed by atoms with Crippen LogP contribution in [-0.2, 0) is 16.0 Å². The van der Waals surface area contributed by atoms with Crippen LogP contribution >= 0.6 is 11.6 Å². The summed E-state index contributed by atoms with van der Waals surface area (Å²) in [6.45, 7) is 1.88. The molecule has 7 nitrogen and oxygen atoms in total. The first-order valence-corrected chi connectivity index (χ1v) is 10.5. The number of carbonyl (C=O) groups is 2. The smallest absolute Gasteiger partial charge is 0.337 e. The van der Waals surface area contributed by atoms with E-state index in [1.807, 2.05) is 25.1 Å². The van der Waals surface area contributed by atoms with E-state index in [4.69, 9.17) is 20.8 Å². The van der Waals surface area contributed by atoms with Crippen LogP contribution in [0.1, 0.15) is 46.8 Å². The largest absolute Gasteiger partial charge is 0.465 e. The maximum Gasteiger partial charge on any atom is 0.337 e. The minimum absolute atomic E-state index is 0.246. The molecule has 4 rings (SSSR count). The van der Waals surface area contributed by atoms with Crippen molar-refractivity contribution < 1.29 is 18.7 Å². The molecule has 1 heterocycles. The van der Waals surface area contributed by atoms with E-state index >= 15 is 0 Å². The standard InChI is InChI=1S/C24H22ClN3O4/c1-14(15-6-8-16(9-7-15)23(30)31-2)26-22(29)19-4-3-5-20-21(19)32-24(28-20)27-18-12-10-17(25)11-13-18/h4,6-14H,3,5H2,1-2H3,(H,26,29)(H,27,28)/t14-/m0/s1. The Morgan fingerprint density at radius 1 is 1.12 bits per heavy atom. The van der Waals surface area contributed by atoms with Crippen LogP contribution in [0.2, 0.25) is 5.02 Å². The number of oxazole rings is 1. The highest BCUT2D eigenvalue weighted by atomic mass is 35.5. The van der Waals surface area contributed by atoms with Crippen molar-refractivity contribution in [1.29, 1.82) is 0 Å². The van der Waals surface area contributed by atoms with Crippen molar-refractivity contribution in [1.82, 2.24) is 10.3 Å². The Balaban J connectivity index is 1.46. The van der Waals surface area contributed by atoms with Crippen LogP contribution in [0.25, 0.3) is 5.57 Å². The van der Waals surface area contributed by atoms with Crippen LogP contribution in [0.3, 0.4) is 0 Å².